The summed E-state index contributed by atoms with van der Waals surface area (Å²) in [5.41, 5.74) is 2.87. The first-order valence-corrected chi connectivity index (χ1v) is 13.1. The lowest BCUT2D eigenvalue weighted by molar-refractivity contribution is 0.667. The smallest absolute Gasteiger partial charge is 0.0320 e. The monoisotopic (exact) mass is 745 g/mol. The van der Waals surface area contributed by atoms with Gasteiger partial charge in [0, 0.05) is 0 Å². The van der Waals surface area contributed by atoms with E-state index in [-0.39, 0.29) is 96.5 Å². The standard InChI is InChI=1S/2C5H8.4C2H6.10C2H4.13CH4/c2*1-5-3-2-4-5;14*1-2;;;;;;;;;;;;;/h2*1-4H2;4*1-2H3;10*1-2H2;13*1H4. The third kappa shape index (κ3) is 1200. The van der Waals surface area contributed by atoms with Crippen LogP contribution < -0.4 is 0 Å². The second kappa shape index (κ2) is 1250. The molecule has 0 amide bonds. The predicted octanol–water partition coefficient (Wildman–Crippen LogP) is 23.8. The van der Waals surface area contributed by atoms with E-state index < -0.39 is 0 Å². The van der Waals surface area contributed by atoms with Gasteiger partial charge in [-0.25, -0.2) is 0 Å². The molecule has 0 saturated heterocycles. The van der Waals surface area contributed by atoms with Crippen LogP contribution in [-0.4, -0.2) is 0 Å². The zero-order valence-corrected chi connectivity index (χ0v) is 28.8. The molecule has 0 unspecified atom stereocenters. The van der Waals surface area contributed by atoms with Crippen molar-refractivity contribution in [2.45, 2.75) is 190 Å². The summed E-state index contributed by atoms with van der Waals surface area (Å²) < 4.78 is 0. The maximum Gasteiger partial charge on any atom is -0.0320 e. The second-order valence-corrected chi connectivity index (χ2v) is 3.21. The van der Waals surface area contributed by atoms with E-state index in [4.69, 9.17) is 0 Å². The average Bonchev–Trinajstić information content (AvgIpc) is 3.09. The molecule has 2 aliphatic carbocycles. The van der Waals surface area contributed by atoms with Crippen molar-refractivity contribution in [2.24, 2.45) is 0 Å². The van der Waals surface area contributed by atoms with E-state index in [2.05, 4.69) is 145 Å². The van der Waals surface area contributed by atoms with Crippen molar-refractivity contribution in [3.63, 3.8) is 0 Å². The molecule has 0 aromatic rings. The number of hydrogen-bond donors (Lipinski definition) is 0. The van der Waals surface area contributed by atoms with Crippen LogP contribution in [-0.2, 0) is 0 Å². The Morgan fingerprint density at radius 3 is 0.255 bits per heavy atom. The van der Waals surface area contributed by atoms with E-state index in [1.54, 1.807) is 0 Å². The minimum Gasteiger partial charge on any atom is -0.106 e. The summed E-state index contributed by atoms with van der Waals surface area (Å²) in [6.07, 6.45) is 7.94. The highest BCUT2D eigenvalue weighted by molar-refractivity contribution is 5.02. The molecule has 0 heteroatoms. The van der Waals surface area contributed by atoms with Crippen LogP contribution in [0.3, 0.4) is 0 Å². The lowest BCUT2D eigenvalue weighted by Gasteiger charge is -2.11. The van der Waals surface area contributed by atoms with E-state index in [1.165, 1.54) is 49.7 Å². The molecule has 0 N–H and O–H groups in total. The number of rotatable bonds is 0. The molecular weight excluding hydrogens is 613 g/mol. The summed E-state index contributed by atoms with van der Waals surface area (Å²) in [4.78, 5) is 0. The second-order valence-electron chi connectivity index (χ2n) is 3.21. The molecule has 0 spiro atoms. The van der Waals surface area contributed by atoms with Crippen LogP contribution >= 0.6 is 0 Å². The number of allylic oxidation sites excluding steroid dienone is 2. The Labute approximate surface area is 345 Å². The van der Waals surface area contributed by atoms with Crippen molar-refractivity contribution in [3.05, 3.63) is 156 Å². The molecule has 0 heterocycles. The maximum atomic E-state index is 3.76. The minimum absolute atomic E-state index is 0. The Kier molecular flexibility index (Phi) is 5920. The minimum atomic E-state index is 0. The fourth-order valence-electron chi connectivity index (χ4n) is 0.854. The van der Waals surface area contributed by atoms with E-state index in [9.17, 15) is 0 Å². The summed E-state index contributed by atoms with van der Waals surface area (Å²) in [5.74, 6) is 0. The Balaban J connectivity index is -0.00000000483. The molecule has 0 radical (unpaired) electrons. The van der Waals surface area contributed by atoms with Gasteiger partial charge in [0.05, 0.1) is 0 Å². The van der Waals surface area contributed by atoms with Crippen LogP contribution in [0.1, 0.15) is 190 Å². The van der Waals surface area contributed by atoms with E-state index in [0.29, 0.717) is 0 Å². The first-order valence-electron chi connectivity index (χ1n) is 13.1. The molecule has 336 valence electrons. The topological polar surface area (TPSA) is 0 Å². The van der Waals surface area contributed by atoms with Crippen LogP contribution in [0.4, 0.5) is 0 Å². The Morgan fingerprint density at radius 1 is 0.216 bits per heavy atom. The molecule has 2 fully saturated rings. The van der Waals surface area contributed by atoms with Gasteiger partial charge in [-0.05, 0) is 38.5 Å². The lowest BCUT2D eigenvalue weighted by atomic mass is 9.95. The summed E-state index contributed by atoms with van der Waals surface area (Å²) in [6, 6.07) is 0. The van der Waals surface area contributed by atoms with Gasteiger partial charge in [-0.3, -0.25) is 0 Å². The predicted molar refractivity (Wildman–Crippen MR) is 291 cm³/mol. The highest BCUT2D eigenvalue weighted by Crippen LogP contribution is 2.22. The molecule has 0 atom stereocenters. The average molecular weight is 746 g/mol. The van der Waals surface area contributed by atoms with Crippen LogP contribution in [0.5, 0.6) is 0 Å². The zero-order valence-electron chi connectivity index (χ0n) is 28.8. The summed E-state index contributed by atoms with van der Waals surface area (Å²) in [5, 5.41) is 0. The normalized spacial score (nSPS) is 5.57. The number of hydrogen-bond acceptors (Lipinski definition) is 0. The zero-order chi connectivity index (χ0) is 35.4. The van der Waals surface area contributed by atoms with E-state index in [1.807, 2.05) is 55.4 Å². The van der Waals surface area contributed by atoms with Gasteiger partial charge in [0.15, 0.2) is 0 Å². The van der Waals surface area contributed by atoms with Crippen molar-refractivity contribution < 1.29 is 0 Å². The van der Waals surface area contributed by atoms with Crippen LogP contribution in [0, 0.1) is 0 Å². The molecule has 2 saturated carbocycles. The largest absolute Gasteiger partial charge is 0.106 e. The van der Waals surface area contributed by atoms with Gasteiger partial charge >= 0.3 is 0 Å². The van der Waals surface area contributed by atoms with Gasteiger partial charge in [-0.2, -0.15) is 0 Å². The molecule has 2 rings (SSSR count). The van der Waals surface area contributed by atoms with E-state index >= 15 is 0 Å². The molecule has 0 aromatic heterocycles. The Bertz CT molecular complexity index is 198. The summed E-state index contributed by atoms with van der Waals surface area (Å²) >= 11 is 0. The van der Waals surface area contributed by atoms with E-state index in [0.717, 1.165) is 0 Å². The van der Waals surface area contributed by atoms with Gasteiger partial charge in [0.25, 0.3) is 0 Å². The molecule has 51 heavy (non-hydrogen) atoms. The SMILES string of the molecule is C.C.C.C.C.C.C.C.C.C.C.C.C.C=C.C=C.C=C.C=C.C=C.C=C.C=C.C=C.C=C.C=C.C=C1CCC1.C=C1CCC1.CC.CC.CC.CC. The van der Waals surface area contributed by atoms with Crippen molar-refractivity contribution in [2.75, 3.05) is 0 Å². The highest BCUT2D eigenvalue weighted by Gasteiger charge is 2.02. The van der Waals surface area contributed by atoms with Crippen LogP contribution in [0.2, 0.25) is 0 Å². The van der Waals surface area contributed by atoms with Gasteiger partial charge < -0.3 is 0 Å². The highest BCUT2D eigenvalue weighted by atomic mass is 14.1. The summed E-state index contributed by atoms with van der Waals surface area (Å²) in [7, 11) is 0. The van der Waals surface area contributed by atoms with Crippen molar-refractivity contribution in [3.8, 4) is 0 Å². The fraction of sp³-hybridized carbons (Fsp3) is 0.529. The molecular formula is C51H132. The maximum absolute atomic E-state index is 3.76. The van der Waals surface area contributed by atoms with Crippen LogP contribution in [0.15, 0.2) is 156 Å². The fourth-order valence-corrected chi connectivity index (χ4v) is 0.854. The van der Waals surface area contributed by atoms with Crippen molar-refractivity contribution >= 4 is 0 Å². The Morgan fingerprint density at radius 2 is 0.255 bits per heavy atom. The van der Waals surface area contributed by atoms with Gasteiger partial charge in [-0.15, -0.1) is 132 Å². The van der Waals surface area contributed by atoms with Crippen LogP contribution in [0.25, 0.3) is 0 Å². The molecule has 2 aliphatic rings. The third-order valence-corrected chi connectivity index (χ3v) is 2.12. The van der Waals surface area contributed by atoms with Gasteiger partial charge in [0.2, 0.25) is 0 Å². The van der Waals surface area contributed by atoms with Gasteiger partial charge in [0.1, 0.15) is 0 Å². The molecule has 0 aromatic carbocycles. The molecule has 0 nitrogen and oxygen atoms in total. The third-order valence-electron chi connectivity index (χ3n) is 2.12. The van der Waals surface area contributed by atoms with Crippen molar-refractivity contribution in [1.29, 1.82) is 0 Å². The van der Waals surface area contributed by atoms with Crippen molar-refractivity contribution in [1.82, 2.24) is 0 Å². The summed E-state index contributed by atoms with van der Waals surface area (Å²) in [6.45, 7) is 83.5. The first-order chi connectivity index (χ1) is 18.8. The first kappa shape index (κ1) is 241. The quantitative estimate of drug-likeness (QED) is 0.217. The molecule has 0 aliphatic heterocycles. The Hall–Kier alpha value is -3.12. The lowest BCUT2D eigenvalue weighted by Crippen LogP contribution is -1.92. The van der Waals surface area contributed by atoms with Gasteiger partial charge in [-0.1, -0.05) is 176 Å². The molecule has 0 bridgehead atoms.